The topological polar surface area (TPSA) is 73.2 Å². The Balaban J connectivity index is 1.71. The maximum absolute atomic E-state index is 12.3. The van der Waals surface area contributed by atoms with Crippen molar-refractivity contribution < 1.29 is 9.53 Å². The van der Waals surface area contributed by atoms with Gasteiger partial charge in [0.1, 0.15) is 12.3 Å². The molecule has 0 unspecified atom stereocenters. The molecule has 1 atom stereocenters. The molecule has 0 aliphatic heterocycles. The van der Waals surface area contributed by atoms with Crippen molar-refractivity contribution in [2.75, 3.05) is 7.11 Å². The predicted molar refractivity (Wildman–Crippen MR) is 85.1 cm³/mol. The maximum Gasteiger partial charge on any atom is 0.347 e. The van der Waals surface area contributed by atoms with E-state index in [2.05, 4.69) is 10.3 Å². The summed E-state index contributed by atoms with van der Waals surface area (Å²) in [7, 11) is 1.63. The lowest BCUT2D eigenvalue weighted by atomic mass is 10.0. The summed E-state index contributed by atoms with van der Waals surface area (Å²) in [5.74, 6) is 1.06. The number of ether oxygens (including phenoxy) is 1. The van der Waals surface area contributed by atoms with Crippen molar-refractivity contribution in [1.29, 1.82) is 0 Å². The summed E-state index contributed by atoms with van der Waals surface area (Å²) >= 11 is 0. The smallest absolute Gasteiger partial charge is 0.347 e. The van der Waals surface area contributed by atoms with E-state index in [0.29, 0.717) is 5.92 Å². The number of nitrogens with one attached hydrogen (secondary N) is 1. The monoisotopic (exact) mass is 313 g/mol. The van der Waals surface area contributed by atoms with Gasteiger partial charge in [-0.2, -0.15) is 0 Å². The van der Waals surface area contributed by atoms with Gasteiger partial charge in [-0.3, -0.25) is 9.36 Å². The van der Waals surface area contributed by atoms with E-state index in [1.165, 1.54) is 10.8 Å². The standard InChI is InChI=1S/C17H19N3O3/c1-23-14-7-5-13(6-8-14)16(12-3-4-12)19-15(21)11-20-10-2-9-18-17(20)22/h2,5-10,12,16H,3-4,11H2,1H3,(H,19,21)/t16-/m1/s1. The van der Waals surface area contributed by atoms with Gasteiger partial charge in [-0.1, -0.05) is 12.1 Å². The van der Waals surface area contributed by atoms with Gasteiger partial charge in [0, 0.05) is 12.4 Å². The van der Waals surface area contributed by atoms with Gasteiger partial charge in [-0.15, -0.1) is 0 Å². The summed E-state index contributed by atoms with van der Waals surface area (Å²) in [5.41, 5.74) is 0.634. The quantitative estimate of drug-likeness (QED) is 0.877. The van der Waals surface area contributed by atoms with Crippen molar-refractivity contribution in [3.8, 4) is 5.75 Å². The molecule has 3 rings (SSSR count). The minimum absolute atomic E-state index is 0.0218. The van der Waals surface area contributed by atoms with Crippen molar-refractivity contribution in [3.63, 3.8) is 0 Å². The number of hydrogen-bond donors (Lipinski definition) is 1. The van der Waals surface area contributed by atoms with Crippen LogP contribution in [0, 0.1) is 5.92 Å². The third-order valence-electron chi connectivity index (χ3n) is 3.98. The molecule has 23 heavy (non-hydrogen) atoms. The van der Waals surface area contributed by atoms with Crippen LogP contribution in [0.3, 0.4) is 0 Å². The van der Waals surface area contributed by atoms with Gasteiger partial charge in [-0.25, -0.2) is 9.78 Å². The van der Waals surface area contributed by atoms with E-state index in [9.17, 15) is 9.59 Å². The first kappa shape index (κ1) is 15.3. The predicted octanol–water partition coefficient (Wildman–Crippen LogP) is 1.52. The molecule has 0 bridgehead atoms. The zero-order valence-corrected chi connectivity index (χ0v) is 12.9. The second-order valence-corrected chi connectivity index (χ2v) is 5.69. The molecule has 1 aliphatic carbocycles. The van der Waals surface area contributed by atoms with Crippen LogP contribution >= 0.6 is 0 Å². The fourth-order valence-electron chi connectivity index (χ4n) is 2.60. The van der Waals surface area contributed by atoms with Gasteiger partial charge in [0.25, 0.3) is 0 Å². The highest BCUT2D eigenvalue weighted by Gasteiger charge is 2.33. The molecule has 1 saturated carbocycles. The van der Waals surface area contributed by atoms with Crippen LogP contribution in [0.4, 0.5) is 0 Å². The minimum atomic E-state index is -0.421. The molecule has 1 aliphatic rings. The molecule has 1 amide bonds. The van der Waals surface area contributed by atoms with Crippen molar-refractivity contribution in [3.05, 3.63) is 58.8 Å². The zero-order chi connectivity index (χ0) is 16.2. The van der Waals surface area contributed by atoms with E-state index in [1.807, 2.05) is 24.3 Å². The normalized spacial score (nSPS) is 15.0. The summed E-state index contributed by atoms with van der Waals surface area (Å²) in [5, 5.41) is 3.04. The molecule has 0 radical (unpaired) electrons. The molecule has 1 N–H and O–H groups in total. The number of carbonyl (C=O) groups excluding carboxylic acids is 1. The van der Waals surface area contributed by atoms with E-state index in [1.54, 1.807) is 19.4 Å². The first-order chi connectivity index (χ1) is 11.2. The number of amides is 1. The third-order valence-corrected chi connectivity index (χ3v) is 3.98. The summed E-state index contributed by atoms with van der Waals surface area (Å²) in [4.78, 5) is 27.5. The Morgan fingerprint density at radius 1 is 1.39 bits per heavy atom. The first-order valence-electron chi connectivity index (χ1n) is 7.62. The van der Waals surface area contributed by atoms with Crippen LogP contribution in [0.15, 0.2) is 47.5 Å². The Morgan fingerprint density at radius 2 is 2.13 bits per heavy atom. The van der Waals surface area contributed by atoms with Crippen LogP contribution in [0.25, 0.3) is 0 Å². The number of rotatable bonds is 6. The van der Waals surface area contributed by atoms with Crippen molar-refractivity contribution in [2.24, 2.45) is 5.92 Å². The van der Waals surface area contributed by atoms with Crippen molar-refractivity contribution >= 4 is 5.91 Å². The maximum atomic E-state index is 12.3. The first-order valence-corrected chi connectivity index (χ1v) is 7.62. The molecule has 1 aromatic heterocycles. The second-order valence-electron chi connectivity index (χ2n) is 5.69. The lowest BCUT2D eigenvalue weighted by Gasteiger charge is -2.19. The Hall–Kier alpha value is -2.63. The Labute approximate surface area is 134 Å². The summed E-state index contributed by atoms with van der Waals surface area (Å²) < 4.78 is 6.46. The number of aromatic nitrogens is 2. The van der Waals surface area contributed by atoms with E-state index in [0.717, 1.165) is 24.2 Å². The van der Waals surface area contributed by atoms with Crippen LogP contribution in [0.1, 0.15) is 24.4 Å². The lowest BCUT2D eigenvalue weighted by Crippen LogP contribution is -2.35. The van der Waals surface area contributed by atoms with Gasteiger partial charge in [0.2, 0.25) is 5.91 Å². The van der Waals surface area contributed by atoms with E-state index in [-0.39, 0.29) is 18.5 Å². The number of hydrogen-bond acceptors (Lipinski definition) is 4. The molecule has 2 aromatic rings. The Bertz CT molecular complexity index is 735. The van der Waals surface area contributed by atoms with Crippen LogP contribution in [0.2, 0.25) is 0 Å². The molecule has 1 fully saturated rings. The molecular formula is C17H19N3O3. The average Bonchev–Trinajstić information content (AvgIpc) is 3.40. The summed E-state index contributed by atoms with van der Waals surface area (Å²) in [6, 6.07) is 9.33. The Kier molecular flexibility index (Phi) is 4.41. The zero-order valence-electron chi connectivity index (χ0n) is 12.9. The van der Waals surface area contributed by atoms with Gasteiger partial charge in [0.05, 0.1) is 13.2 Å². The SMILES string of the molecule is COc1ccc([C@H](NC(=O)Cn2cccnc2=O)C2CC2)cc1. The van der Waals surface area contributed by atoms with Gasteiger partial charge in [0.15, 0.2) is 0 Å². The fraction of sp³-hybridized carbons (Fsp3) is 0.353. The molecule has 6 heteroatoms. The second kappa shape index (κ2) is 6.64. The van der Waals surface area contributed by atoms with Gasteiger partial charge in [-0.05, 0) is 42.5 Å². The minimum Gasteiger partial charge on any atom is -0.497 e. The number of nitrogens with zero attached hydrogens (tertiary/aromatic N) is 2. The van der Waals surface area contributed by atoms with Crippen LogP contribution in [0.5, 0.6) is 5.75 Å². The number of carbonyl (C=O) groups is 1. The molecule has 0 spiro atoms. The van der Waals surface area contributed by atoms with E-state index < -0.39 is 5.69 Å². The Morgan fingerprint density at radius 3 is 2.74 bits per heavy atom. The number of benzene rings is 1. The van der Waals surface area contributed by atoms with Crippen molar-refractivity contribution in [2.45, 2.75) is 25.4 Å². The molecule has 0 saturated heterocycles. The van der Waals surface area contributed by atoms with Crippen LogP contribution in [-0.2, 0) is 11.3 Å². The van der Waals surface area contributed by atoms with Gasteiger partial charge >= 0.3 is 5.69 Å². The van der Waals surface area contributed by atoms with Crippen LogP contribution in [-0.4, -0.2) is 22.6 Å². The molecule has 120 valence electrons. The fourth-order valence-corrected chi connectivity index (χ4v) is 2.60. The lowest BCUT2D eigenvalue weighted by molar-refractivity contribution is -0.122. The molecule has 1 aromatic carbocycles. The molecule has 1 heterocycles. The van der Waals surface area contributed by atoms with Gasteiger partial charge < -0.3 is 10.1 Å². The van der Waals surface area contributed by atoms with E-state index in [4.69, 9.17) is 4.74 Å². The van der Waals surface area contributed by atoms with Crippen LogP contribution < -0.4 is 15.7 Å². The molecular weight excluding hydrogens is 294 g/mol. The van der Waals surface area contributed by atoms with E-state index >= 15 is 0 Å². The molecule has 6 nitrogen and oxygen atoms in total. The summed E-state index contributed by atoms with van der Waals surface area (Å²) in [6.07, 6.45) is 5.18. The van der Waals surface area contributed by atoms with Crippen molar-refractivity contribution in [1.82, 2.24) is 14.9 Å². The highest BCUT2D eigenvalue weighted by atomic mass is 16.5. The third kappa shape index (κ3) is 3.77. The highest BCUT2D eigenvalue weighted by molar-refractivity contribution is 5.76. The number of methoxy groups -OCH3 is 1. The largest absolute Gasteiger partial charge is 0.497 e. The summed E-state index contributed by atoms with van der Waals surface area (Å²) in [6.45, 7) is -0.0218. The average molecular weight is 313 g/mol. The highest BCUT2D eigenvalue weighted by Crippen LogP contribution is 2.41.